The van der Waals surface area contributed by atoms with Crippen LogP contribution in [0.25, 0.3) is 0 Å². The number of esters is 1. The van der Waals surface area contributed by atoms with Crippen LogP contribution in [0.2, 0.25) is 0 Å². The minimum absolute atomic E-state index is 0.145. The summed E-state index contributed by atoms with van der Waals surface area (Å²) in [6.07, 6.45) is 0. The lowest BCUT2D eigenvalue weighted by molar-refractivity contribution is -0.117. The molecule has 2 aromatic rings. The highest BCUT2D eigenvalue weighted by atomic mass is 16.5. The van der Waals surface area contributed by atoms with Gasteiger partial charge in [0.2, 0.25) is 5.91 Å². The van der Waals surface area contributed by atoms with Gasteiger partial charge in [0.15, 0.2) is 0 Å². The van der Waals surface area contributed by atoms with Crippen LogP contribution in [0.1, 0.15) is 28.4 Å². The van der Waals surface area contributed by atoms with Crippen molar-refractivity contribution < 1.29 is 19.1 Å². The molecule has 0 atom stereocenters. The van der Waals surface area contributed by atoms with Crippen LogP contribution in [0, 0.1) is 6.92 Å². The number of amides is 1. The number of methoxy groups -OCH3 is 1. The smallest absolute Gasteiger partial charge is 0.337 e. The number of carbonyl (C=O) groups excluding carboxylic acids is 2. The first-order valence-electron chi connectivity index (χ1n) is 8.82. The van der Waals surface area contributed by atoms with Crippen LogP contribution in [0.15, 0.2) is 42.5 Å². The zero-order valence-corrected chi connectivity index (χ0v) is 16.2. The van der Waals surface area contributed by atoms with Crippen molar-refractivity contribution >= 4 is 17.6 Å². The number of anilines is 1. The Kier molecular flexibility index (Phi) is 7.37. The first-order chi connectivity index (χ1) is 12.9. The van der Waals surface area contributed by atoms with Gasteiger partial charge in [-0.15, -0.1) is 0 Å². The molecule has 1 N–H and O–H groups in total. The van der Waals surface area contributed by atoms with Crippen molar-refractivity contribution in [3.05, 3.63) is 59.2 Å². The van der Waals surface area contributed by atoms with Gasteiger partial charge in [0.25, 0.3) is 0 Å². The number of hydrogen-bond acceptors (Lipinski definition) is 5. The van der Waals surface area contributed by atoms with Gasteiger partial charge >= 0.3 is 5.97 Å². The van der Waals surface area contributed by atoms with Crippen molar-refractivity contribution in [1.82, 2.24) is 4.90 Å². The van der Waals surface area contributed by atoms with E-state index in [-0.39, 0.29) is 12.5 Å². The van der Waals surface area contributed by atoms with Crippen LogP contribution in [-0.2, 0) is 16.1 Å². The second kappa shape index (κ2) is 9.73. The molecule has 0 aliphatic carbocycles. The predicted molar refractivity (Wildman–Crippen MR) is 105 cm³/mol. The minimum atomic E-state index is -0.432. The van der Waals surface area contributed by atoms with Gasteiger partial charge in [-0.2, -0.15) is 0 Å². The third-order valence-corrected chi connectivity index (χ3v) is 4.03. The molecule has 2 rings (SSSR count). The fourth-order valence-corrected chi connectivity index (χ4v) is 2.66. The molecule has 0 fully saturated rings. The summed E-state index contributed by atoms with van der Waals surface area (Å²) in [7, 11) is 3.21. The molecule has 0 aromatic heterocycles. The fourth-order valence-electron chi connectivity index (χ4n) is 2.66. The van der Waals surface area contributed by atoms with Crippen LogP contribution in [0.3, 0.4) is 0 Å². The van der Waals surface area contributed by atoms with E-state index in [1.807, 2.05) is 50.1 Å². The Bertz CT molecular complexity index is 787. The van der Waals surface area contributed by atoms with E-state index in [0.29, 0.717) is 24.4 Å². The number of nitrogens with one attached hydrogen (secondary N) is 1. The normalized spacial score (nSPS) is 10.6. The number of carbonyl (C=O) groups is 2. The monoisotopic (exact) mass is 370 g/mol. The van der Waals surface area contributed by atoms with Crippen molar-refractivity contribution in [3.8, 4) is 5.75 Å². The first-order valence-corrected chi connectivity index (χ1v) is 8.82. The van der Waals surface area contributed by atoms with E-state index >= 15 is 0 Å². The number of aryl methyl sites for hydroxylation is 1. The number of hydrogen-bond donors (Lipinski definition) is 1. The van der Waals surface area contributed by atoms with Crippen molar-refractivity contribution in [2.24, 2.45) is 0 Å². The SMILES string of the molecule is CCOc1ccc(CN(C)CC(=O)Nc2cc(C(=O)OC)ccc2C)cc1. The van der Waals surface area contributed by atoms with Crippen molar-refractivity contribution in [2.45, 2.75) is 20.4 Å². The van der Waals surface area contributed by atoms with Crippen molar-refractivity contribution in [1.29, 1.82) is 0 Å². The molecule has 0 heterocycles. The molecule has 0 saturated heterocycles. The summed E-state index contributed by atoms with van der Waals surface area (Å²) >= 11 is 0. The lowest BCUT2D eigenvalue weighted by atomic mass is 10.1. The van der Waals surface area contributed by atoms with E-state index in [4.69, 9.17) is 9.47 Å². The molecule has 27 heavy (non-hydrogen) atoms. The average Bonchev–Trinajstić information content (AvgIpc) is 2.64. The van der Waals surface area contributed by atoms with Gasteiger partial charge in [-0.3, -0.25) is 9.69 Å². The van der Waals surface area contributed by atoms with E-state index in [0.717, 1.165) is 16.9 Å². The van der Waals surface area contributed by atoms with Gasteiger partial charge in [0, 0.05) is 12.2 Å². The summed E-state index contributed by atoms with van der Waals surface area (Å²) in [6, 6.07) is 12.9. The molecular formula is C21H26N2O4. The van der Waals surface area contributed by atoms with E-state index in [1.165, 1.54) is 7.11 Å². The Balaban J connectivity index is 1.93. The summed E-state index contributed by atoms with van der Waals surface area (Å²) in [5.41, 5.74) is 2.99. The number of nitrogens with zero attached hydrogens (tertiary/aromatic N) is 1. The standard InChI is InChI=1S/C21H26N2O4/c1-5-27-18-10-7-16(8-11-18)13-23(3)14-20(24)22-19-12-17(21(25)26-4)9-6-15(19)2/h6-12H,5,13-14H2,1-4H3,(H,22,24). The quantitative estimate of drug-likeness (QED) is 0.723. The van der Waals surface area contributed by atoms with E-state index in [1.54, 1.807) is 18.2 Å². The molecule has 6 heteroatoms. The highest BCUT2D eigenvalue weighted by Gasteiger charge is 2.12. The third-order valence-electron chi connectivity index (χ3n) is 4.03. The molecule has 0 unspecified atom stereocenters. The number of benzene rings is 2. The Hall–Kier alpha value is -2.86. The first kappa shape index (κ1) is 20.5. The second-order valence-corrected chi connectivity index (χ2v) is 6.32. The molecule has 0 spiro atoms. The minimum Gasteiger partial charge on any atom is -0.494 e. The molecule has 0 aliphatic heterocycles. The lowest BCUT2D eigenvalue weighted by Gasteiger charge is -2.17. The highest BCUT2D eigenvalue weighted by Crippen LogP contribution is 2.18. The van der Waals surface area contributed by atoms with Gasteiger partial charge < -0.3 is 14.8 Å². The van der Waals surface area contributed by atoms with Gasteiger partial charge in [-0.1, -0.05) is 18.2 Å². The van der Waals surface area contributed by atoms with E-state index in [9.17, 15) is 9.59 Å². The Morgan fingerprint density at radius 2 is 1.81 bits per heavy atom. The van der Waals surface area contributed by atoms with Gasteiger partial charge in [0.1, 0.15) is 5.75 Å². The van der Waals surface area contributed by atoms with Gasteiger partial charge in [0.05, 0.1) is 25.8 Å². The molecule has 0 radical (unpaired) electrons. The molecule has 144 valence electrons. The molecule has 0 bridgehead atoms. The van der Waals surface area contributed by atoms with E-state index < -0.39 is 5.97 Å². The van der Waals surface area contributed by atoms with Crippen LogP contribution < -0.4 is 10.1 Å². The van der Waals surface area contributed by atoms with Crippen LogP contribution in [0.4, 0.5) is 5.69 Å². The molecular weight excluding hydrogens is 344 g/mol. The summed E-state index contributed by atoms with van der Waals surface area (Å²) in [5, 5.41) is 2.86. The van der Waals surface area contributed by atoms with Crippen molar-refractivity contribution in [2.75, 3.05) is 32.6 Å². The molecule has 1 amide bonds. The van der Waals surface area contributed by atoms with E-state index in [2.05, 4.69) is 5.32 Å². The van der Waals surface area contributed by atoms with Gasteiger partial charge in [-0.05, 0) is 56.3 Å². The second-order valence-electron chi connectivity index (χ2n) is 6.32. The summed E-state index contributed by atoms with van der Waals surface area (Å²) < 4.78 is 10.2. The maximum Gasteiger partial charge on any atom is 0.337 e. The zero-order valence-electron chi connectivity index (χ0n) is 16.2. The molecule has 0 aliphatic rings. The largest absolute Gasteiger partial charge is 0.494 e. The summed E-state index contributed by atoms with van der Waals surface area (Å²) in [6.45, 7) is 5.33. The third kappa shape index (κ3) is 6.11. The fraction of sp³-hybridized carbons (Fsp3) is 0.333. The summed E-state index contributed by atoms with van der Waals surface area (Å²) in [4.78, 5) is 25.9. The van der Waals surface area contributed by atoms with Gasteiger partial charge in [-0.25, -0.2) is 4.79 Å². The Morgan fingerprint density at radius 1 is 1.11 bits per heavy atom. The molecule has 6 nitrogen and oxygen atoms in total. The average molecular weight is 370 g/mol. The van der Waals surface area contributed by atoms with Crippen LogP contribution in [-0.4, -0.2) is 44.1 Å². The Morgan fingerprint density at radius 3 is 2.44 bits per heavy atom. The highest BCUT2D eigenvalue weighted by molar-refractivity contribution is 5.96. The Labute approximate surface area is 160 Å². The number of rotatable bonds is 8. The maximum absolute atomic E-state index is 12.4. The maximum atomic E-state index is 12.4. The number of ether oxygens (including phenoxy) is 2. The topological polar surface area (TPSA) is 67.9 Å². The predicted octanol–water partition coefficient (Wildman–Crippen LogP) is 3.25. The van der Waals surface area contributed by atoms with Crippen LogP contribution in [0.5, 0.6) is 5.75 Å². The van der Waals surface area contributed by atoms with Crippen LogP contribution >= 0.6 is 0 Å². The van der Waals surface area contributed by atoms with Crippen molar-refractivity contribution in [3.63, 3.8) is 0 Å². The lowest BCUT2D eigenvalue weighted by Crippen LogP contribution is -2.30. The molecule has 0 saturated carbocycles. The number of likely N-dealkylation sites (N-methyl/N-ethyl adjacent to an activating group) is 1. The zero-order chi connectivity index (χ0) is 19.8. The molecule has 2 aromatic carbocycles. The summed E-state index contributed by atoms with van der Waals surface area (Å²) in [5.74, 6) is 0.259.